The van der Waals surface area contributed by atoms with Gasteiger partial charge in [-0.1, -0.05) is 163 Å². The van der Waals surface area contributed by atoms with E-state index in [1.807, 2.05) is 11.3 Å². The molecule has 2 heteroatoms. The lowest BCUT2D eigenvalue weighted by Gasteiger charge is -2.31. The second-order valence-corrected chi connectivity index (χ2v) is 15.6. The highest BCUT2D eigenvalue weighted by Gasteiger charge is 2.24. The first-order valence-electron chi connectivity index (χ1n) is 18.9. The van der Waals surface area contributed by atoms with E-state index in [2.05, 4.69) is 206 Å². The summed E-state index contributed by atoms with van der Waals surface area (Å²) >= 11 is 1.85. The molecule has 1 nitrogen and oxygen atoms in total. The van der Waals surface area contributed by atoms with E-state index in [1.165, 1.54) is 103 Å². The summed E-state index contributed by atoms with van der Waals surface area (Å²) in [6.07, 6.45) is 0. The van der Waals surface area contributed by atoms with E-state index in [9.17, 15) is 0 Å². The standard InChI is InChI=1S/C53H35NS/c1-34-21-27-41(28-22-34)54(47-30-26-38-24-23-36-13-9-14-37-25-29-46(47)52(38)50(36)37)53-44-19-7-5-17-42(44)51(43-18-6-8-20-45(43)53)40-16-10-15-39(33-40)49-32-31-48(55-49)35-11-3-2-4-12-35/h2-33H,1H3. The zero-order valence-corrected chi connectivity index (χ0v) is 31.1. The molecule has 0 saturated heterocycles. The maximum absolute atomic E-state index is 2.52. The number of hydrogen-bond acceptors (Lipinski definition) is 2. The van der Waals surface area contributed by atoms with Gasteiger partial charge in [0.05, 0.1) is 11.4 Å². The third-order valence-corrected chi connectivity index (χ3v) is 12.4. The monoisotopic (exact) mass is 717 g/mol. The molecular formula is C53H35NS. The molecule has 0 unspecified atom stereocenters. The van der Waals surface area contributed by atoms with Gasteiger partial charge in [0, 0.05) is 31.6 Å². The predicted molar refractivity (Wildman–Crippen MR) is 239 cm³/mol. The van der Waals surface area contributed by atoms with Crippen LogP contribution in [0.1, 0.15) is 5.56 Å². The molecule has 0 radical (unpaired) electrons. The number of thiophene rings is 1. The zero-order chi connectivity index (χ0) is 36.5. The molecule has 0 saturated carbocycles. The van der Waals surface area contributed by atoms with E-state index < -0.39 is 0 Å². The van der Waals surface area contributed by atoms with Gasteiger partial charge in [0.15, 0.2) is 0 Å². The van der Waals surface area contributed by atoms with E-state index in [0.717, 1.165) is 5.69 Å². The Morgan fingerprint density at radius 1 is 0.382 bits per heavy atom. The van der Waals surface area contributed by atoms with E-state index >= 15 is 0 Å². The average Bonchev–Trinajstić information content (AvgIpc) is 3.75. The summed E-state index contributed by atoms with van der Waals surface area (Å²) in [5.41, 5.74) is 9.71. The maximum Gasteiger partial charge on any atom is 0.0619 e. The summed E-state index contributed by atoms with van der Waals surface area (Å²) < 4.78 is 0. The Labute approximate surface area is 324 Å². The van der Waals surface area contributed by atoms with Crippen molar-refractivity contribution >= 4 is 82.3 Å². The van der Waals surface area contributed by atoms with Crippen molar-refractivity contribution in [2.45, 2.75) is 6.92 Å². The molecule has 10 aromatic carbocycles. The lowest BCUT2D eigenvalue weighted by atomic mass is 9.88. The minimum Gasteiger partial charge on any atom is -0.309 e. The number of hydrogen-bond donors (Lipinski definition) is 0. The molecule has 0 N–H and O–H groups in total. The molecule has 0 fully saturated rings. The second-order valence-electron chi connectivity index (χ2n) is 14.5. The molecule has 0 aliphatic heterocycles. The highest BCUT2D eigenvalue weighted by atomic mass is 32.1. The van der Waals surface area contributed by atoms with Gasteiger partial charge in [-0.25, -0.2) is 0 Å². The van der Waals surface area contributed by atoms with Gasteiger partial charge in [0.2, 0.25) is 0 Å². The van der Waals surface area contributed by atoms with E-state index in [4.69, 9.17) is 0 Å². The van der Waals surface area contributed by atoms with Gasteiger partial charge in [-0.3, -0.25) is 0 Å². The van der Waals surface area contributed by atoms with Crippen LogP contribution in [0.3, 0.4) is 0 Å². The average molecular weight is 718 g/mol. The van der Waals surface area contributed by atoms with E-state index in [1.54, 1.807) is 0 Å². The smallest absolute Gasteiger partial charge is 0.0619 e. The van der Waals surface area contributed by atoms with Gasteiger partial charge < -0.3 is 4.90 Å². The number of anilines is 3. The lowest BCUT2D eigenvalue weighted by Crippen LogP contribution is -2.12. The summed E-state index contributed by atoms with van der Waals surface area (Å²) in [5.74, 6) is 0. The van der Waals surface area contributed by atoms with Crippen LogP contribution in [-0.4, -0.2) is 0 Å². The highest BCUT2D eigenvalue weighted by molar-refractivity contribution is 7.18. The molecule has 1 heterocycles. The van der Waals surface area contributed by atoms with Crippen LogP contribution >= 0.6 is 11.3 Å². The molecule has 0 aliphatic carbocycles. The zero-order valence-electron chi connectivity index (χ0n) is 30.3. The van der Waals surface area contributed by atoms with Crippen molar-refractivity contribution in [2.24, 2.45) is 0 Å². The second kappa shape index (κ2) is 12.7. The quantitative estimate of drug-likeness (QED) is 0.122. The van der Waals surface area contributed by atoms with Gasteiger partial charge in [0.1, 0.15) is 0 Å². The molecule has 11 aromatic rings. The van der Waals surface area contributed by atoms with Crippen molar-refractivity contribution < 1.29 is 0 Å². The summed E-state index contributed by atoms with van der Waals surface area (Å²) in [6, 6.07) is 71.8. The van der Waals surface area contributed by atoms with Crippen molar-refractivity contribution in [3.63, 3.8) is 0 Å². The number of aryl methyl sites for hydroxylation is 1. The Bertz CT molecular complexity index is 3140. The summed E-state index contributed by atoms with van der Waals surface area (Å²) in [7, 11) is 0. The first kappa shape index (κ1) is 31.8. The van der Waals surface area contributed by atoms with Crippen LogP contribution in [0.5, 0.6) is 0 Å². The van der Waals surface area contributed by atoms with Gasteiger partial charge in [-0.05, 0) is 103 Å². The Kier molecular flexibility index (Phi) is 7.33. The van der Waals surface area contributed by atoms with Crippen LogP contribution in [0.15, 0.2) is 194 Å². The SMILES string of the molecule is Cc1ccc(N(c2c3ccccc3c(-c3cccc(-c4ccc(-c5ccccc5)s4)c3)c3ccccc23)c2ccc3ccc4cccc5ccc2c3c45)cc1. The molecule has 11 rings (SSSR count). The van der Waals surface area contributed by atoms with Crippen molar-refractivity contribution in [1.29, 1.82) is 0 Å². The number of benzene rings is 10. The third-order valence-electron chi connectivity index (χ3n) is 11.3. The van der Waals surface area contributed by atoms with Crippen LogP contribution in [0.2, 0.25) is 0 Å². The van der Waals surface area contributed by atoms with E-state index in [-0.39, 0.29) is 0 Å². The molecule has 0 bridgehead atoms. The van der Waals surface area contributed by atoms with E-state index in [0.29, 0.717) is 0 Å². The predicted octanol–water partition coefficient (Wildman–Crippen LogP) is 15.7. The number of nitrogens with zero attached hydrogens (tertiary/aromatic N) is 1. The van der Waals surface area contributed by atoms with Crippen LogP contribution in [0.4, 0.5) is 17.1 Å². The number of fused-ring (bicyclic) bond motifs is 2. The van der Waals surface area contributed by atoms with Gasteiger partial charge >= 0.3 is 0 Å². The highest BCUT2D eigenvalue weighted by Crippen LogP contribution is 2.51. The summed E-state index contributed by atoms with van der Waals surface area (Å²) in [4.78, 5) is 5.07. The van der Waals surface area contributed by atoms with Crippen molar-refractivity contribution in [3.05, 3.63) is 200 Å². The minimum atomic E-state index is 1.14. The number of rotatable bonds is 6. The van der Waals surface area contributed by atoms with Gasteiger partial charge in [0.25, 0.3) is 0 Å². The lowest BCUT2D eigenvalue weighted by molar-refractivity contribution is 1.31. The Balaban J connectivity index is 1.18. The molecule has 55 heavy (non-hydrogen) atoms. The maximum atomic E-state index is 2.52. The summed E-state index contributed by atoms with van der Waals surface area (Å²) in [5, 5.41) is 12.6. The Morgan fingerprint density at radius 3 is 1.64 bits per heavy atom. The topological polar surface area (TPSA) is 3.24 Å². The Morgan fingerprint density at radius 2 is 0.927 bits per heavy atom. The largest absolute Gasteiger partial charge is 0.309 e. The van der Waals surface area contributed by atoms with Gasteiger partial charge in [-0.2, -0.15) is 0 Å². The molecule has 258 valence electrons. The third kappa shape index (κ3) is 5.14. The molecule has 0 atom stereocenters. The molecular weight excluding hydrogens is 683 g/mol. The first-order chi connectivity index (χ1) is 27.2. The van der Waals surface area contributed by atoms with Crippen LogP contribution < -0.4 is 4.90 Å². The Hall–Kier alpha value is -6.74. The van der Waals surface area contributed by atoms with Crippen LogP contribution in [-0.2, 0) is 0 Å². The van der Waals surface area contributed by atoms with Crippen molar-refractivity contribution in [3.8, 4) is 32.0 Å². The summed E-state index contributed by atoms with van der Waals surface area (Å²) in [6.45, 7) is 2.16. The molecule has 0 amide bonds. The van der Waals surface area contributed by atoms with Crippen molar-refractivity contribution in [1.82, 2.24) is 0 Å². The molecule has 0 aliphatic rings. The fraction of sp³-hybridized carbons (Fsp3) is 0.0189. The molecule has 0 spiro atoms. The minimum absolute atomic E-state index is 1.14. The first-order valence-corrected chi connectivity index (χ1v) is 19.7. The van der Waals surface area contributed by atoms with Crippen LogP contribution in [0.25, 0.3) is 85.9 Å². The van der Waals surface area contributed by atoms with Gasteiger partial charge in [-0.15, -0.1) is 11.3 Å². The van der Waals surface area contributed by atoms with Crippen LogP contribution in [0, 0.1) is 6.92 Å². The van der Waals surface area contributed by atoms with Crippen molar-refractivity contribution in [2.75, 3.05) is 4.90 Å². The fourth-order valence-electron chi connectivity index (χ4n) is 8.73. The molecule has 1 aromatic heterocycles. The fourth-order valence-corrected chi connectivity index (χ4v) is 9.74. The normalized spacial score (nSPS) is 11.7.